The molecule has 19 heavy (non-hydrogen) atoms. The van der Waals surface area contributed by atoms with E-state index in [4.69, 9.17) is 12.2 Å². The molecule has 2 aromatic carbocycles. The van der Waals surface area contributed by atoms with Crippen molar-refractivity contribution in [3.63, 3.8) is 0 Å². The third-order valence-corrected chi connectivity index (χ3v) is 3.58. The molecule has 0 heterocycles. The van der Waals surface area contributed by atoms with E-state index in [0.717, 1.165) is 18.5 Å². The highest BCUT2D eigenvalue weighted by molar-refractivity contribution is 7.80. The van der Waals surface area contributed by atoms with E-state index >= 15 is 0 Å². The lowest BCUT2D eigenvalue weighted by atomic mass is 10.1. The highest BCUT2D eigenvalue weighted by Crippen LogP contribution is 2.22. The normalized spacial score (nSPS) is 10.7. The Kier molecular flexibility index (Phi) is 4.74. The molecule has 2 aromatic rings. The minimum absolute atomic E-state index is 0.440. The molecule has 0 fully saturated rings. The summed E-state index contributed by atoms with van der Waals surface area (Å²) < 4.78 is 0. The minimum Gasteiger partial charge on any atom is -0.360 e. The van der Waals surface area contributed by atoms with Crippen molar-refractivity contribution >= 4 is 33.8 Å². The van der Waals surface area contributed by atoms with Crippen LogP contribution >= 0.6 is 12.2 Å². The third-order valence-electron chi connectivity index (χ3n) is 3.36. The van der Waals surface area contributed by atoms with Crippen molar-refractivity contribution in [2.45, 2.75) is 32.7 Å². The molecule has 0 atom stereocenters. The molecule has 0 spiro atoms. The summed E-state index contributed by atoms with van der Waals surface area (Å²) in [5.41, 5.74) is 1.06. The van der Waals surface area contributed by atoms with E-state index < -0.39 is 0 Å². The maximum absolute atomic E-state index is 5.39. The van der Waals surface area contributed by atoms with Crippen LogP contribution in [-0.2, 0) is 0 Å². The lowest BCUT2D eigenvalue weighted by molar-refractivity contribution is 0.573. The Balaban J connectivity index is 2.15. The van der Waals surface area contributed by atoms with Gasteiger partial charge in [0.05, 0.1) is 0 Å². The molecule has 100 valence electrons. The number of anilines is 1. The van der Waals surface area contributed by atoms with E-state index in [1.54, 1.807) is 0 Å². The Labute approximate surface area is 120 Å². The van der Waals surface area contributed by atoms with Crippen LogP contribution in [0.2, 0.25) is 0 Å². The highest BCUT2D eigenvalue weighted by atomic mass is 32.1. The van der Waals surface area contributed by atoms with Crippen molar-refractivity contribution in [1.29, 1.82) is 0 Å². The Bertz CT molecular complexity index is 556. The number of rotatable bonds is 4. The zero-order chi connectivity index (χ0) is 13.7. The molecule has 0 aromatic heterocycles. The first-order valence-corrected chi connectivity index (χ1v) is 7.20. The Morgan fingerprint density at radius 2 is 1.74 bits per heavy atom. The molecular formula is C16H20N2S. The van der Waals surface area contributed by atoms with Crippen LogP contribution in [0.25, 0.3) is 10.8 Å². The second-order valence-electron chi connectivity index (χ2n) is 4.64. The van der Waals surface area contributed by atoms with Crippen LogP contribution < -0.4 is 10.6 Å². The van der Waals surface area contributed by atoms with E-state index in [9.17, 15) is 0 Å². The SMILES string of the molecule is CCC(CC)NC(=S)Nc1cccc2ccccc12. The fourth-order valence-electron chi connectivity index (χ4n) is 2.17. The van der Waals surface area contributed by atoms with Gasteiger partial charge in [0.25, 0.3) is 0 Å². The summed E-state index contributed by atoms with van der Waals surface area (Å²) in [6.07, 6.45) is 2.15. The molecule has 2 nitrogen and oxygen atoms in total. The summed E-state index contributed by atoms with van der Waals surface area (Å²) in [6, 6.07) is 15.0. The van der Waals surface area contributed by atoms with Gasteiger partial charge in [0.1, 0.15) is 0 Å². The lowest BCUT2D eigenvalue weighted by Crippen LogP contribution is -2.36. The molecular weight excluding hydrogens is 252 g/mol. The number of nitrogens with one attached hydrogen (secondary N) is 2. The van der Waals surface area contributed by atoms with Crippen LogP contribution in [0.3, 0.4) is 0 Å². The molecule has 0 amide bonds. The molecule has 0 aliphatic heterocycles. The second-order valence-corrected chi connectivity index (χ2v) is 5.05. The molecule has 2 rings (SSSR count). The number of hydrogen-bond acceptors (Lipinski definition) is 1. The topological polar surface area (TPSA) is 24.1 Å². The summed E-state index contributed by atoms with van der Waals surface area (Å²) >= 11 is 5.39. The zero-order valence-electron chi connectivity index (χ0n) is 11.4. The van der Waals surface area contributed by atoms with Crippen molar-refractivity contribution in [3.8, 4) is 0 Å². The predicted molar refractivity (Wildman–Crippen MR) is 87.7 cm³/mol. The van der Waals surface area contributed by atoms with E-state index in [-0.39, 0.29) is 0 Å². The van der Waals surface area contributed by atoms with Crippen molar-refractivity contribution < 1.29 is 0 Å². The Morgan fingerprint density at radius 3 is 2.47 bits per heavy atom. The van der Waals surface area contributed by atoms with Gasteiger partial charge in [-0.3, -0.25) is 0 Å². The molecule has 0 radical (unpaired) electrons. The van der Waals surface area contributed by atoms with Crippen molar-refractivity contribution in [2.24, 2.45) is 0 Å². The minimum atomic E-state index is 0.440. The first-order chi connectivity index (χ1) is 9.24. The molecule has 0 saturated carbocycles. The molecule has 0 aliphatic rings. The largest absolute Gasteiger partial charge is 0.360 e. The molecule has 0 unspecified atom stereocenters. The summed E-state index contributed by atoms with van der Waals surface area (Å²) in [7, 11) is 0. The average molecular weight is 272 g/mol. The summed E-state index contributed by atoms with van der Waals surface area (Å²) in [5.74, 6) is 0. The first kappa shape index (κ1) is 13.8. The standard InChI is InChI=1S/C16H20N2S/c1-3-13(4-2)17-16(19)18-15-11-7-9-12-8-5-6-10-14(12)15/h5-11,13H,3-4H2,1-2H3,(H2,17,18,19). The number of fused-ring (bicyclic) bond motifs is 1. The van der Waals surface area contributed by atoms with E-state index in [1.165, 1.54) is 10.8 Å². The van der Waals surface area contributed by atoms with Gasteiger partial charge in [-0.15, -0.1) is 0 Å². The van der Waals surface area contributed by atoms with Gasteiger partial charge in [-0.1, -0.05) is 50.2 Å². The average Bonchev–Trinajstić information content (AvgIpc) is 2.45. The van der Waals surface area contributed by atoms with E-state index in [1.807, 2.05) is 18.2 Å². The van der Waals surface area contributed by atoms with Crippen LogP contribution in [0.1, 0.15) is 26.7 Å². The summed E-state index contributed by atoms with van der Waals surface area (Å²) in [5, 5.41) is 9.77. The predicted octanol–water partition coefficient (Wildman–Crippen LogP) is 4.31. The van der Waals surface area contributed by atoms with Gasteiger partial charge < -0.3 is 10.6 Å². The third kappa shape index (κ3) is 3.44. The molecule has 0 aliphatic carbocycles. The Morgan fingerprint density at radius 1 is 1.05 bits per heavy atom. The van der Waals surface area contributed by atoms with Crippen molar-refractivity contribution in [2.75, 3.05) is 5.32 Å². The quantitative estimate of drug-likeness (QED) is 0.811. The molecule has 3 heteroatoms. The monoisotopic (exact) mass is 272 g/mol. The summed E-state index contributed by atoms with van der Waals surface area (Å²) in [6.45, 7) is 4.34. The lowest BCUT2D eigenvalue weighted by Gasteiger charge is -2.18. The number of thiocarbonyl (C=S) groups is 1. The van der Waals surface area contributed by atoms with Crippen molar-refractivity contribution in [1.82, 2.24) is 5.32 Å². The van der Waals surface area contributed by atoms with Gasteiger partial charge in [0.2, 0.25) is 0 Å². The Hall–Kier alpha value is -1.61. The molecule has 0 bridgehead atoms. The molecule has 2 N–H and O–H groups in total. The van der Waals surface area contributed by atoms with Gasteiger partial charge in [-0.05, 0) is 36.5 Å². The van der Waals surface area contributed by atoms with Crippen LogP contribution in [0.4, 0.5) is 5.69 Å². The summed E-state index contributed by atoms with van der Waals surface area (Å²) in [4.78, 5) is 0. The maximum atomic E-state index is 5.39. The maximum Gasteiger partial charge on any atom is 0.171 e. The van der Waals surface area contributed by atoms with E-state index in [0.29, 0.717) is 11.2 Å². The van der Waals surface area contributed by atoms with Crippen LogP contribution in [-0.4, -0.2) is 11.2 Å². The smallest absolute Gasteiger partial charge is 0.171 e. The van der Waals surface area contributed by atoms with Gasteiger partial charge in [-0.2, -0.15) is 0 Å². The number of benzene rings is 2. The number of hydrogen-bond donors (Lipinski definition) is 2. The van der Waals surface area contributed by atoms with Crippen LogP contribution in [0.15, 0.2) is 42.5 Å². The van der Waals surface area contributed by atoms with Gasteiger partial charge in [0, 0.05) is 17.1 Å². The zero-order valence-corrected chi connectivity index (χ0v) is 12.3. The molecule has 0 saturated heterocycles. The highest BCUT2D eigenvalue weighted by Gasteiger charge is 2.06. The van der Waals surface area contributed by atoms with Gasteiger partial charge in [0.15, 0.2) is 5.11 Å². The van der Waals surface area contributed by atoms with E-state index in [2.05, 4.69) is 48.7 Å². The van der Waals surface area contributed by atoms with Crippen molar-refractivity contribution in [3.05, 3.63) is 42.5 Å². The first-order valence-electron chi connectivity index (χ1n) is 6.79. The fraction of sp³-hybridized carbons (Fsp3) is 0.312. The fourth-order valence-corrected chi connectivity index (χ4v) is 2.45. The van der Waals surface area contributed by atoms with Gasteiger partial charge in [-0.25, -0.2) is 0 Å². The van der Waals surface area contributed by atoms with Crippen LogP contribution in [0.5, 0.6) is 0 Å². The van der Waals surface area contributed by atoms with Gasteiger partial charge >= 0.3 is 0 Å². The van der Waals surface area contributed by atoms with Crippen LogP contribution in [0, 0.1) is 0 Å². The second kappa shape index (κ2) is 6.53.